The van der Waals surface area contributed by atoms with Crippen molar-refractivity contribution in [1.82, 2.24) is 15.0 Å². The van der Waals surface area contributed by atoms with E-state index in [1.165, 1.54) is 0 Å². The lowest BCUT2D eigenvalue weighted by molar-refractivity contribution is 0.203. The van der Waals surface area contributed by atoms with Crippen molar-refractivity contribution in [2.75, 3.05) is 29.9 Å². The fourth-order valence-corrected chi connectivity index (χ4v) is 3.38. The number of aromatic nitrogens is 3. The molecular weight excluding hydrogens is 326 g/mol. The highest BCUT2D eigenvalue weighted by atomic mass is 16.3. The van der Waals surface area contributed by atoms with Gasteiger partial charge in [0.25, 0.3) is 0 Å². The number of nitrogens with one attached hydrogen (secondary N) is 1. The molecule has 0 bridgehead atoms. The van der Waals surface area contributed by atoms with Crippen molar-refractivity contribution < 1.29 is 5.11 Å². The number of para-hydroxylation sites is 1. The van der Waals surface area contributed by atoms with E-state index in [4.69, 9.17) is 0 Å². The van der Waals surface area contributed by atoms with E-state index in [1.807, 2.05) is 30.5 Å². The third kappa shape index (κ3) is 3.60. The van der Waals surface area contributed by atoms with Crippen LogP contribution >= 0.6 is 0 Å². The van der Waals surface area contributed by atoms with Crippen molar-refractivity contribution in [2.24, 2.45) is 5.92 Å². The molecule has 2 aromatic heterocycles. The summed E-state index contributed by atoms with van der Waals surface area (Å²) >= 11 is 0. The van der Waals surface area contributed by atoms with Gasteiger partial charge >= 0.3 is 0 Å². The molecule has 0 aliphatic carbocycles. The quantitative estimate of drug-likeness (QED) is 0.738. The number of pyridine rings is 1. The second kappa shape index (κ2) is 7.66. The minimum Gasteiger partial charge on any atom is -0.396 e. The Morgan fingerprint density at radius 2 is 1.88 bits per heavy atom. The Kier molecular flexibility index (Phi) is 4.93. The molecule has 0 radical (unpaired) electrons. The zero-order valence-corrected chi connectivity index (χ0v) is 14.7. The topological polar surface area (TPSA) is 74.2 Å². The van der Waals surface area contributed by atoms with E-state index in [2.05, 4.69) is 37.3 Å². The standard InChI is InChI=1S/C20H23N5O/c26-13-15-7-9-25(10-8-15)19-6-5-16(11-21-19)12-22-20-17-3-1-2-4-18(17)23-14-24-20/h1-6,11,14-15,26H,7-10,12-13H2,(H,22,23,24). The molecule has 0 unspecified atom stereocenters. The fourth-order valence-electron chi connectivity index (χ4n) is 3.38. The van der Waals surface area contributed by atoms with Gasteiger partial charge in [-0.05, 0) is 42.5 Å². The first kappa shape index (κ1) is 16.7. The Hall–Kier alpha value is -2.73. The van der Waals surface area contributed by atoms with Crippen LogP contribution < -0.4 is 10.2 Å². The van der Waals surface area contributed by atoms with Crippen molar-refractivity contribution >= 4 is 22.5 Å². The van der Waals surface area contributed by atoms with Gasteiger partial charge in [-0.15, -0.1) is 0 Å². The Morgan fingerprint density at radius 1 is 1.04 bits per heavy atom. The van der Waals surface area contributed by atoms with Crippen molar-refractivity contribution in [2.45, 2.75) is 19.4 Å². The van der Waals surface area contributed by atoms with E-state index < -0.39 is 0 Å². The van der Waals surface area contributed by atoms with Crippen LogP contribution in [0.15, 0.2) is 48.9 Å². The van der Waals surface area contributed by atoms with Gasteiger partial charge in [0.15, 0.2) is 0 Å². The largest absolute Gasteiger partial charge is 0.396 e. The van der Waals surface area contributed by atoms with Crippen molar-refractivity contribution in [3.63, 3.8) is 0 Å². The van der Waals surface area contributed by atoms with Crippen LogP contribution in [0.3, 0.4) is 0 Å². The Morgan fingerprint density at radius 3 is 2.65 bits per heavy atom. The summed E-state index contributed by atoms with van der Waals surface area (Å²) in [5, 5.41) is 13.7. The molecule has 3 heterocycles. The average Bonchev–Trinajstić information content (AvgIpc) is 2.73. The van der Waals surface area contributed by atoms with Gasteiger partial charge in [0.05, 0.1) is 5.52 Å². The van der Waals surface area contributed by atoms with Crippen LogP contribution in [0, 0.1) is 5.92 Å². The van der Waals surface area contributed by atoms with Crippen LogP contribution in [0.25, 0.3) is 10.9 Å². The zero-order valence-electron chi connectivity index (χ0n) is 14.7. The molecule has 1 saturated heterocycles. The maximum atomic E-state index is 9.25. The lowest BCUT2D eigenvalue weighted by atomic mass is 9.98. The van der Waals surface area contributed by atoms with E-state index in [0.717, 1.165) is 54.0 Å². The maximum Gasteiger partial charge on any atom is 0.137 e. The highest BCUT2D eigenvalue weighted by molar-refractivity contribution is 5.88. The summed E-state index contributed by atoms with van der Waals surface area (Å²) in [5.74, 6) is 2.29. The van der Waals surface area contributed by atoms with E-state index in [9.17, 15) is 5.11 Å². The molecule has 1 aromatic carbocycles. The maximum absolute atomic E-state index is 9.25. The lowest BCUT2D eigenvalue weighted by Gasteiger charge is -2.32. The summed E-state index contributed by atoms with van der Waals surface area (Å²) < 4.78 is 0. The smallest absolute Gasteiger partial charge is 0.137 e. The highest BCUT2D eigenvalue weighted by Gasteiger charge is 2.19. The first-order valence-electron chi connectivity index (χ1n) is 9.08. The number of hydrogen-bond acceptors (Lipinski definition) is 6. The Bertz CT molecular complexity index is 854. The number of fused-ring (bicyclic) bond motifs is 1. The molecule has 0 atom stereocenters. The molecular formula is C20H23N5O. The second-order valence-electron chi connectivity index (χ2n) is 6.73. The van der Waals surface area contributed by atoms with Gasteiger partial charge in [0.1, 0.15) is 18.0 Å². The third-order valence-electron chi connectivity index (χ3n) is 5.01. The number of aliphatic hydroxyl groups is 1. The van der Waals surface area contributed by atoms with Gasteiger partial charge in [0, 0.05) is 37.8 Å². The molecule has 0 amide bonds. The van der Waals surface area contributed by atoms with Gasteiger partial charge in [-0.3, -0.25) is 0 Å². The monoisotopic (exact) mass is 349 g/mol. The molecule has 134 valence electrons. The molecule has 3 aromatic rings. The summed E-state index contributed by atoms with van der Waals surface area (Å²) in [4.78, 5) is 15.6. The highest BCUT2D eigenvalue weighted by Crippen LogP contribution is 2.22. The average molecular weight is 349 g/mol. The van der Waals surface area contributed by atoms with E-state index >= 15 is 0 Å². The molecule has 4 rings (SSSR count). The van der Waals surface area contributed by atoms with Crippen molar-refractivity contribution in [3.05, 3.63) is 54.5 Å². The third-order valence-corrected chi connectivity index (χ3v) is 5.01. The molecule has 6 heteroatoms. The first-order valence-corrected chi connectivity index (χ1v) is 9.08. The number of aliphatic hydroxyl groups excluding tert-OH is 1. The summed E-state index contributed by atoms with van der Waals surface area (Å²) in [6.45, 7) is 2.88. The number of anilines is 2. The van der Waals surface area contributed by atoms with Crippen LogP contribution in [0.4, 0.5) is 11.6 Å². The number of hydrogen-bond donors (Lipinski definition) is 2. The number of rotatable bonds is 5. The fraction of sp³-hybridized carbons (Fsp3) is 0.350. The van der Waals surface area contributed by atoms with Crippen molar-refractivity contribution in [3.8, 4) is 0 Å². The van der Waals surface area contributed by atoms with Gasteiger partial charge in [-0.1, -0.05) is 18.2 Å². The van der Waals surface area contributed by atoms with Gasteiger partial charge in [-0.25, -0.2) is 15.0 Å². The second-order valence-corrected chi connectivity index (χ2v) is 6.73. The minimum atomic E-state index is 0.295. The minimum absolute atomic E-state index is 0.295. The number of nitrogens with zero attached hydrogens (tertiary/aromatic N) is 4. The predicted octanol–water partition coefficient (Wildman–Crippen LogP) is 2.85. The molecule has 1 aliphatic heterocycles. The van der Waals surface area contributed by atoms with E-state index in [-0.39, 0.29) is 0 Å². The van der Waals surface area contributed by atoms with E-state index in [0.29, 0.717) is 19.1 Å². The molecule has 2 N–H and O–H groups in total. The normalized spacial score (nSPS) is 15.3. The van der Waals surface area contributed by atoms with Crippen LogP contribution in [0.5, 0.6) is 0 Å². The van der Waals surface area contributed by atoms with E-state index in [1.54, 1.807) is 6.33 Å². The molecule has 0 spiro atoms. The van der Waals surface area contributed by atoms with Gasteiger partial charge < -0.3 is 15.3 Å². The summed E-state index contributed by atoms with van der Waals surface area (Å²) in [5.41, 5.74) is 2.05. The van der Waals surface area contributed by atoms with Crippen LogP contribution in [-0.4, -0.2) is 39.8 Å². The van der Waals surface area contributed by atoms with Crippen LogP contribution in [0.1, 0.15) is 18.4 Å². The predicted molar refractivity (Wildman–Crippen MR) is 103 cm³/mol. The zero-order chi connectivity index (χ0) is 17.8. The van der Waals surface area contributed by atoms with Crippen molar-refractivity contribution in [1.29, 1.82) is 0 Å². The van der Waals surface area contributed by atoms with Crippen LogP contribution in [0.2, 0.25) is 0 Å². The first-order chi connectivity index (χ1) is 12.8. The summed E-state index contributed by atoms with van der Waals surface area (Å²) in [6, 6.07) is 12.2. The van der Waals surface area contributed by atoms with Gasteiger partial charge in [-0.2, -0.15) is 0 Å². The molecule has 1 aliphatic rings. The molecule has 1 fully saturated rings. The molecule has 6 nitrogen and oxygen atoms in total. The molecule has 26 heavy (non-hydrogen) atoms. The summed E-state index contributed by atoms with van der Waals surface area (Å²) in [7, 11) is 0. The number of benzene rings is 1. The van der Waals surface area contributed by atoms with Gasteiger partial charge in [0.2, 0.25) is 0 Å². The SMILES string of the molecule is OCC1CCN(c2ccc(CNc3ncnc4ccccc34)cn2)CC1. The summed E-state index contributed by atoms with van der Waals surface area (Å²) in [6.07, 6.45) is 5.57. The lowest BCUT2D eigenvalue weighted by Crippen LogP contribution is -2.35. The Balaban J connectivity index is 1.40. The van der Waals surface area contributed by atoms with Crippen LogP contribution in [-0.2, 0) is 6.54 Å². The molecule has 0 saturated carbocycles. The number of piperidine rings is 1. The Labute approximate surface area is 152 Å².